The second-order valence-corrected chi connectivity index (χ2v) is 16.4. The third kappa shape index (κ3) is 18.8. The Bertz CT molecular complexity index is 1710. The molecule has 0 aliphatic carbocycles. The number of azide groups is 1. The van der Waals surface area contributed by atoms with Gasteiger partial charge in [-0.1, -0.05) is 223 Å². The van der Waals surface area contributed by atoms with Gasteiger partial charge in [0.05, 0.1) is 45.7 Å². The highest BCUT2D eigenvalue weighted by Crippen LogP contribution is 2.32. The van der Waals surface area contributed by atoms with Crippen LogP contribution < -0.4 is 0 Å². The van der Waals surface area contributed by atoms with Gasteiger partial charge in [0.15, 0.2) is 6.29 Å². The minimum absolute atomic E-state index is 0.191. The van der Waals surface area contributed by atoms with Crippen LogP contribution in [0.3, 0.4) is 0 Å². The summed E-state index contributed by atoms with van der Waals surface area (Å²) >= 11 is 0. The molecule has 6 atom stereocenters. The average Bonchev–Trinajstić information content (AvgIpc) is 3.30. The summed E-state index contributed by atoms with van der Waals surface area (Å²) in [5.41, 5.74) is 13.7. The second kappa shape index (κ2) is 30.1. The Hall–Kier alpha value is -4.05. The summed E-state index contributed by atoms with van der Waals surface area (Å²) in [7, 11) is 0. The van der Waals surface area contributed by atoms with Gasteiger partial charge in [-0.15, -0.1) is 0 Å². The van der Waals surface area contributed by atoms with Crippen molar-refractivity contribution in [1.29, 1.82) is 0 Å². The molecule has 330 valence electrons. The third-order valence-electron chi connectivity index (χ3n) is 11.4. The number of benzene rings is 4. The van der Waals surface area contributed by atoms with Gasteiger partial charge in [0.2, 0.25) is 0 Å². The molecule has 1 heterocycles. The van der Waals surface area contributed by atoms with Gasteiger partial charge >= 0.3 is 0 Å². The maximum absolute atomic E-state index is 9.59. The fourth-order valence-electron chi connectivity index (χ4n) is 7.91. The largest absolute Gasteiger partial charge is 0.374 e. The molecule has 1 fully saturated rings. The molecule has 1 aliphatic rings. The van der Waals surface area contributed by atoms with Crippen LogP contribution >= 0.6 is 0 Å². The Morgan fingerprint density at radius 2 is 0.918 bits per heavy atom. The molecule has 9 heteroatoms. The molecule has 5 rings (SSSR count). The molecule has 0 saturated carbocycles. The van der Waals surface area contributed by atoms with Gasteiger partial charge in [-0.3, -0.25) is 0 Å². The molecule has 0 spiro atoms. The Balaban J connectivity index is 1.25. The number of nitrogens with zero attached hydrogens (tertiary/aromatic N) is 3. The lowest BCUT2D eigenvalue weighted by Crippen LogP contribution is -2.62. The fourth-order valence-corrected chi connectivity index (χ4v) is 7.91. The lowest BCUT2D eigenvalue weighted by Gasteiger charge is -2.46. The highest BCUT2D eigenvalue weighted by molar-refractivity contribution is 5.16. The first-order valence-electron chi connectivity index (χ1n) is 23.1. The van der Waals surface area contributed by atoms with Crippen molar-refractivity contribution in [2.45, 2.75) is 166 Å². The van der Waals surface area contributed by atoms with Crippen LogP contribution in [0.2, 0.25) is 0 Å². The molecule has 61 heavy (non-hydrogen) atoms. The smallest absolute Gasteiger partial charge is 0.186 e. The van der Waals surface area contributed by atoms with E-state index < -0.39 is 30.7 Å². The van der Waals surface area contributed by atoms with E-state index in [4.69, 9.17) is 28.4 Å². The Kier molecular flexibility index (Phi) is 23.7. The van der Waals surface area contributed by atoms with E-state index in [0.29, 0.717) is 26.4 Å². The first-order chi connectivity index (χ1) is 30.2. The molecule has 0 bridgehead atoms. The highest BCUT2D eigenvalue weighted by atomic mass is 16.7. The number of ether oxygens (including phenoxy) is 6. The molecular formula is C52H71N3O6. The van der Waals surface area contributed by atoms with Crippen LogP contribution in [-0.4, -0.2) is 50.0 Å². The number of hydrogen-bond acceptors (Lipinski definition) is 7. The SMILES string of the molecule is CCCCCCCCCCCCCCCCC(CO[C@H]1O[C@H](COCc2ccccc2)[C@H](OCc2ccccc2)[C@H](OCc2ccccc2)[C@H]1OCc1ccccc1)N=[N+]=[N-]. The summed E-state index contributed by atoms with van der Waals surface area (Å²) in [6.45, 7) is 4.13. The number of unbranched alkanes of at least 4 members (excludes halogenated alkanes) is 13. The van der Waals surface area contributed by atoms with Crippen molar-refractivity contribution < 1.29 is 28.4 Å². The van der Waals surface area contributed by atoms with E-state index in [-0.39, 0.29) is 19.3 Å². The molecule has 0 amide bonds. The van der Waals surface area contributed by atoms with Gasteiger partial charge in [0.1, 0.15) is 24.4 Å². The van der Waals surface area contributed by atoms with E-state index >= 15 is 0 Å². The van der Waals surface area contributed by atoms with Crippen molar-refractivity contribution in [2.24, 2.45) is 5.11 Å². The molecule has 0 radical (unpaired) electrons. The number of hydrogen-bond donors (Lipinski definition) is 0. The molecule has 1 unspecified atom stereocenters. The van der Waals surface area contributed by atoms with Gasteiger partial charge in [-0.2, -0.15) is 0 Å². The highest BCUT2D eigenvalue weighted by Gasteiger charge is 2.49. The summed E-state index contributed by atoms with van der Waals surface area (Å²) in [4.78, 5) is 3.21. The van der Waals surface area contributed by atoms with Gasteiger partial charge < -0.3 is 28.4 Å². The lowest BCUT2D eigenvalue weighted by atomic mass is 9.97. The zero-order valence-corrected chi connectivity index (χ0v) is 36.7. The Morgan fingerprint density at radius 1 is 0.508 bits per heavy atom. The zero-order valence-electron chi connectivity index (χ0n) is 36.7. The van der Waals surface area contributed by atoms with Crippen LogP contribution in [0.15, 0.2) is 126 Å². The van der Waals surface area contributed by atoms with Crippen molar-refractivity contribution in [2.75, 3.05) is 13.2 Å². The Morgan fingerprint density at radius 3 is 1.38 bits per heavy atom. The van der Waals surface area contributed by atoms with Gasteiger partial charge in [-0.05, 0) is 34.2 Å². The molecule has 9 nitrogen and oxygen atoms in total. The zero-order chi connectivity index (χ0) is 42.4. The van der Waals surface area contributed by atoms with E-state index in [1.54, 1.807) is 0 Å². The van der Waals surface area contributed by atoms with Crippen LogP contribution in [-0.2, 0) is 54.8 Å². The third-order valence-corrected chi connectivity index (χ3v) is 11.4. The molecule has 1 saturated heterocycles. The van der Waals surface area contributed by atoms with E-state index in [2.05, 4.69) is 29.1 Å². The molecule has 4 aromatic rings. The first kappa shape index (κ1) is 48.0. The summed E-state index contributed by atoms with van der Waals surface area (Å²) < 4.78 is 40.3. The molecule has 0 N–H and O–H groups in total. The number of rotatable bonds is 32. The predicted octanol–water partition coefficient (Wildman–Crippen LogP) is 13.3. The van der Waals surface area contributed by atoms with Crippen LogP contribution in [0.5, 0.6) is 0 Å². The minimum atomic E-state index is -0.848. The lowest BCUT2D eigenvalue weighted by molar-refractivity contribution is -0.329. The summed E-state index contributed by atoms with van der Waals surface area (Å²) in [6.07, 6.45) is 15.6. The normalized spacial score (nSPS) is 19.3. The van der Waals surface area contributed by atoms with Crippen molar-refractivity contribution in [3.05, 3.63) is 154 Å². The molecule has 1 aliphatic heterocycles. The summed E-state index contributed by atoms with van der Waals surface area (Å²) in [5, 5.41) is 4.18. The van der Waals surface area contributed by atoms with Crippen LogP contribution in [0.1, 0.15) is 125 Å². The monoisotopic (exact) mass is 834 g/mol. The quantitative estimate of drug-likeness (QED) is 0.0210. The molecular weight excluding hydrogens is 763 g/mol. The van der Waals surface area contributed by atoms with E-state index in [9.17, 15) is 5.53 Å². The van der Waals surface area contributed by atoms with Crippen molar-refractivity contribution >= 4 is 0 Å². The van der Waals surface area contributed by atoms with E-state index in [0.717, 1.165) is 41.5 Å². The molecule has 0 aromatic heterocycles. The van der Waals surface area contributed by atoms with E-state index in [1.165, 1.54) is 77.0 Å². The van der Waals surface area contributed by atoms with Gasteiger partial charge in [0.25, 0.3) is 0 Å². The van der Waals surface area contributed by atoms with Crippen LogP contribution in [0, 0.1) is 0 Å². The maximum Gasteiger partial charge on any atom is 0.186 e. The van der Waals surface area contributed by atoms with Crippen LogP contribution in [0.25, 0.3) is 10.4 Å². The van der Waals surface area contributed by atoms with Crippen molar-refractivity contribution in [1.82, 2.24) is 0 Å². The fraction of sp³-hybridized carbons (Fsp3) is 0.538. The van der Waals surface area contributed by atoms with E-state index in [1.807, 2.05) is 109 Å². The van der Waals surface area contributed by atoms with Gasteiger partial charge in [0, 0.05) is 4.91 Å². The predicted molar refractivity (Wildman–Crippen MR) is 244 cm³/mol. The van der Waals surface area contributed by atoms with Crippen molar-refractivity contribution in [3.63, 3.8) is 0 Å². The first-order valence-corrected chi connectivity index (χ1v) is 23.1. The summed E-state index contributed by atoms with van der Waals surface area (Å²) in [6, 6.07) is 40.1. The standard InChI is InChI=1S/C52H71N3O6/c1-2-3-4-5-6-7-8-9-10-11-12-13-14-27-36-47(54-55-53)41-60-52-51(59-40-46-34-25-18-26-35-46)50(58-39-45-32-23-17-24-33-45)49(57-38-44-30-21-16-22-31-44)48(61-52)42-56-37-43-28-19-15-20-29-43/h15-26,28-35,47-52H,2-14,27,36-42H2,1H3/t47?,48-,49+,50+,51-,52+/m1/s1. The second-order valence-electron chi connectivity index (χ2n) is 16.4. The van der Waals surface area contributed by atoms with Gasteiger partial charge in [-0.25, -0.2) is 0 Å². The topological polar surface area (TPSA) is 104 Å². The summed E-state index contributed by atoms with van der Waals surface area (Å²) in [5.74, 6) is 0. The molecule has 4 aromatic carbocycles. The maximum atomic E-state index is 9.59. The minimum Gasteiger partial charge on any atom is -0.374 e. The Labute approximate surface area is 366 Å². The van der Waals surface area contributed by atoms with Crippen LogP contribution in [0.4, 0.5) is 0 Å². The van der Waals surface area contributed by atoms with Crippen molar-refractivity contribution in [3.8, 4) is 0 Å². The average molecular weight is 834 g/mol.